The van der Waals surface area contributed by atoms with Crippen LogP contribution in [0.1, 0.15) is 0 Å². The molecule has 0 aliphatic heterocycles. The lowest BCUT2D eigenvalue weighted by Crippen LogP contribution is -2.18. The van der Waals surface area contributed by atoms with Crippen LogP contribution in [0.2, 0.25) is 10.0 Å². The number of benzene rings is 3. The summed E-state index contributed by atoms with van der Waals surface area (Å²) in [5.41, 5.74) is 0. The summed E-state index contributed by atoms with van der Waals surface area (Å²) >= 11 is 12.1. The number of carbonyl (C=O) groups is 1. The van der Waals surface area contributed by atoms with Crippen molar-refractivity contribution in [3.8, 4) is 11.5 Å². The van der Waals surface area contributed by atoms with E-state index in [0.29, 0.717) is 21.5 Å². The average molecular weight is 347 g/mol. The fraction of sp³-hybridized carbons (Fsp3) is 0.0556. The number of hydrogen-bond acceptors (Lipinski definition) is 3. The van der Waals surface area contributed by atoms with Crippen molar-refractivity contribution in [2.24, 2.45) is 0 Å². The predicted molar refractivity (Wildman–Crippen MR) is 91.5 cm³/mol. The van der Waals surface area contributed by atoms with Gasteiger partial charge in [-0.25, -0.2) is 4.79 Å². The van der Waals surface area contributed by atoms with Gasteiger partial charge in [0.25, 0.3) is 0 Å². The number of esters is 1. The average Bonchev–Trinajstić information content (AvgIpc) is 2.57. The Morgan fingerprint density at radius 1 is 0.783 bits per heavy atom. The summed E-state index contributed by atoms with van der Waals surface area (Å²) in [4.78, 5) is 12.0. The molecule has 0 amide bonds. The molecule has 0 fully saturated rings. The third-order valence-electron chi connectivity index (χ3n) is 3.24. The summed E-state index contributed by atoms with van der Waals surface area (Å²) in [6.45, 7) is -0.235. The van der Waals surface area contributed by atoms with Crippen LogP contribution in [0.5, 0.6) is 11.5 Å². The van der Waals surface area contributed by atoms with Crippen LogP contribution < -0.4 is 9.47 Å². The summed E-state index contributed by atoms with van der Waals surface area (Å²) < 4.78 is 10.8. The Hall–Kier alpha value is -2.23. The molecule has 0 saturated heterocycles. The zero-order valence-corrected chi connectivity index (χ0v) is 13.5. The van der Waals surface area contributed by atoms with Crippen molar-refractivity contribution in [3.05, 3.63) is 70.7 Å². The minimum Gasteiger partial charge on any atom is -0.480 e. The first-order valence-corrected chi connectivity index (χ1v) is 7.66. The molecule has 3 aromatic carbocycles. The van der Waals surface area contributed by atoms with Crippen LogP contribution in [0.4, 0.5) is 0 Å². The predicted octanol–water partition coefficient (Wildman–Crippen LogP) is 5.13. The highest BCUT2D eigenvalue weighted by Gasteiger charge is 2.11. The molecule has 0 aliphatic carbocycles. The SMILES string of the molecule is O=C(COc1ccccc1Cl)Oc1ccc(Cl)c2ccccc12. The molecule has 23 heavy (non-hydrogen) atoms. The molecule has 3 nitrogen and oxygen atoms in total. The first-order chi connectivity index (χ1) is 11.1. The Kier molecular flexibility index (Phi) is 4.70. The van der Waals surface area contributed by atoms with E-state index in [9.17, 15) is 4.79 Å². The van der Waals surface area contributed by atoms with E-state index < -0.39 is 5.97 Å². The zero-order valence-electron chi connectivity index (χ0n) is 12.0. The molecular weight excluding hydrogens is 335 g/mol. The van der Waals surface area contributed by atoms with Crippen LogP contribution in [0.3, 0.4) is 0 Å². The molecule has 0 spiro atoms. The van der Waals surface area contributed by atoms with Gasteiger partial charge in [-0.15, -0.1) is 0 Å². The first kappa shape index (κ1) is 15.7. The van der Waals surface area contributed by atoms with Crippen LogP contribution in [-0.4, -0.2) is 12.6 Å². The summed E-state index contributed by atoms with van der Waals surface area (Å²) in [7, 11) is 0. The third kappa shape index (κ3) is 3.58. The van der Waals surface area contributed by atoms with Crippen molar-refractivity contribution in [2.45, 2.75) is 0 Å². The molecule has 0 N–H and O–H groups in total. The number of fused-ring (bicyclic) bond motifs is 1. The number of halogens is 2. The van der Waals surface area contributed by atoms with Gasteiger partial charge >= 0.3 is 5.97 Å². The van der Waals surface area contributed by atoms with E-state index in [1.807, 2.05) is 24.3 Å². The Bertz CT molecular complexity index is 862. The Labute approximate surface area is 143 Å². The van der Waals surface area contributed by atoms with E-state index in [-0.39, 0.29) is 6.61 Å². The first-order valence-electron chi connectivity index (χ1n) is 6.90. The van der Waals surface area contributed by atoms with Crippen molar-refractivity contribution in [3.63, 3.8) is 0 Å². The van der Waals surface area contributed by atoms with Gasteiger partial charge in [0.2, 0.25) is 0 Å². The van der Waals surface area contributed by atoms with Gasteiger partial charge in [-0.1, -0.05) is 59.6 Å². The van der Waals surface area contributed by atoms with Crippen LogP contribution in [0.15, 0.2) is 60.7 Å². The fourth-order valence-corrected chi connectivity index (χ4v) is 2.59. The van der Waals surface area contributed by atoms with E-state index >= 15 is 0 Å². The van der Waals surface area contributed by atoms with E-state index in [1.165, 1.54) is 0 Å². The second kappa shape index (κ2) is 6.90. The maximum atomic E-state index is 12.0. The van der Waals surface area contributed by atoms with Crippen LogP contribution in [0.25, 0.3) is 10.8 Å². The molecule has 0 bridgehead atoms. The van der Waals surface area contributed by atoms with Crippen LogP contribution in [-0.2, 0) is 4.79 Å². The Balaban J connectivity index is 1.74. The monoisotopic (exact) mass is 346 g/mol. The van der Waals surface area contributed by atoms with Crippen molar-refractivity contribution in [1.82, 2.24) is 0 Å². The summed E-state index contributed by atoms with van der Waals surface area (Å²) in [5, 5.41) is 2.64. The largest absolute Gasteiger partial charge is 0.480 e. The number of carbonyl (C=O) groups excluding carboxylic acids is 1. The van der Waals surface area contributed by atoms with Gasteiger partial charge in [-0.2, -0.15) is 0 Å². The summed E-state index contributed by atoms with van der Waals surface area (Å²) in [6, 6.07) is 17.7. The van der Waals surface area contributed by atoms with Crippen molar-refractivity contribution in [2.75, 3.05) is 6.61 Å². The Morgan fingerprint density at radius 3 is 2.26 bits per heavy atom. The van der Waals surface area contributed by atoms with Crippen LogP contribution >= 0.6 is 23.2 Å². The molecule has 0 unspecified atom stereocenters. The summed E-state index contributed by atoms with van der Waals surface area (Å²) in [6.07, 6.45) is 0. The van der Waals surface area contributed by atoms with Gasteiger partial charge in [0.05, 0.1) is 5.02 Å². The highest BCUT2D eigenvalue weighted by molar-refractivity contribution is 6.35. The highest BCUT2D eigenvalue weighted by Crippen LogP contribution is 2.31. The molecule has 0 aliphatic rings. The van der Waals surface area contributed by atoms with Gasteiger partial charge in [0, 0.05) is 15.8 Å². The van der Waals surface area contributed by atoms with Gasteiger partial charge in [0.1, 0.15) is 11.5 Å². The minimum atomic E-state index is -0.516. The second-order valence-electron chi connectivity index (χ2n) is 4.78. The normalized spacial score (nSPS) is 10.5. The summed E-state index contributed by atoms with van der Waals surface area (Å²) in [5.74, 6) is 0.363. The van der Waals surface area contributed by atoms with Gasteiger partial charge < -0.3 is 9.47 Å². The lowest BCUT2D eigenvalue weighted by atomic mass is 10.1. The van der Waals surface area contributed by atoms with Gasteiger partial charge in [-0.05, 0) is 24.3 Å². The van der Waals surface area contributed by atoms with E-state index in [1.54, 1.807) is 36.4 Å². The molecule has 0 aromatic heterocycles. The molecule has 5 heteroatoms. The molecule has 0 atom stereocenters. The maximum Gasteiger partial charge on any atom is 0.349 e. The standard InChI is InChI=1S/C18H12Cl2O3/c19-14-9-10-16(13-6-2-1-5-12(13)14)23-18(21)11-22-17-8-4-3-7-15(17)20/h1-10H,11H2. The molecule has 0 radical (unpaired) electrons. The molecule has 3 rings (SSSR count). The lowest BCUT2D eigenvalue weighted by molar-refractivity contribution is -0.136. The third-order valence-corrected chi connectivity index (χ3v) is 3.88. The van der Waals surface area contributed by atoms with E-state index in [0.717, 1.165) is 10.8 Å². The van der Waals surface area contributed by atoms with Crippen LogP contribution in [0, 0.1) is 0 Å². The molecular formula is C18H12Cl2O3. The zero-order chi connectivity index (χ0) is 16.2. The van der Waals surface area contributed by atoms with Gasteiger partial charge in [-0.3, -0.25) is 0 Å². The fourth-order valence-electron chi connectivity index (χ4n) is 2.17. The number of ether oxygens (including phenoxy) is 2. The van der Waals surface area contributed by atoms with E-state index in [2.05, 4.69) is 0 Å². The molecule has 116 valence electrons. The molecule has 3 aromatic rings. The maximum absolute atomic E-state index is 12.0. The van der Waals surface area contributed by atoms with Crippen molar-refractivity contribution >= 4 is 39.9 Å². The number of hydrogen-bond donors (Lipinski definition) is 0. The van der Waals surface area contributed by atoms with Crippen molar-refractivity contribution in [1.29, 1.82) is 0 Å². The quantitative estimate of drug-likeness (QED) is 0.485. The highest BCUT2D eigenvalue weighted by atomic mass is 35.5. The minimum absolute atomic E-state index is 0.235. The topological polar surface area (TPSA) is 35.5 Å². The van der Waals surface area contributed by atoms with Crippen molar-refractivity contribution < 1.29 is 14.3 Å². The number of para-hydroxylation sites is 1. The van der Waals surface area contributed by atoms with E-state index in [4.69, 9.17) is 32.7 Å². The molecule has 0 saturated carbocycles. The molecule has 0 heterocycles. The number of rotatable bonds is 4. The Morgan fingerprint density at radius 2 is 1.48 bits per heavy atom. The van der Waals surface area contributed by atoms with Gasteiger partial charge in [0.15, 0.2) is 6.61 Å². The second-order valence-corrected chi connectivity index (χ2v) is 5.60. The smallest absolute Gasteiger partial charge is 0.349 e. The lowest BCUT2D eigenvalue weighted by Gasteiger charge is -2.10.